The molecule has 27 heavy (non-hydrogen) atoms. The van der Waals surface area contributed by atoms with Crippen molar-refractivity contribution in [3.63, 3.8) is 0 Å². The van der Waals surface area contributed by atoms with Gasteiger partial charge in [0.05, 0.1) is 23.4 Å². The number of carbonyl (C=O) groups excluding carboxylic acids is 1. The Hall–Kier alpha value is -1.87. The number of ether oxygens (including phenoxy) is 1. The molecule has 1 aliphatic rings. The maximum absolute atomic E-state index is 12.6. The molecule has 0 bridgehead atoms. The lowest BCUT2D eigenvalue weighted by atomic mass is 10.3. The van der Waals surface area contributed by atoms with Gasteiger partial charge in [-0.1, -0.05) is 18.2 Å². The summed E-state index contributed by atoms with van der Waals surface area (Å²) in [5.41, 5.74) is 0.571. The molecule has 1 aliphatic heterocycles. The second-order valence-electron chi connectivity index (χ2n) is 6.10. The van der Waals surface area contributed by atoms with E-state index in [1.54, 1.807) is 12.1 Å². The molecule has 1 saturated heterocycles. The standard InChI is InChI=1S/C19H22N2O4S2/c1-15(26-17-5-3-2-4-6-17)19(22)20-16-7-9-18(10-8-16)27(23,24)21-11-13-25-14-12-21/h2-10,15H,11-14H2,1H3,(H,20,22)/t15-/m0/s1. The number of sulfonamides is 1. The molecule has 0 unspecified atom stereocenters. The highest BCUT2D eigenvalue weighted by atomic mass is 32.2. The van der Waals surface area contributed by atoms with Gasteiger partial charge in [0.25, 0.3) is 0 Å². The summed E-state index contributed by atoms with van der Waals surface area (Å²) in [6.07, 6.45) is 0. The molecule has 0 saturated carbocycles. The number of anilines is 1. The van der Waals surface area contributed by atoms with Crippen LogP contribution in [-0.4, -0.2) is 50.2 Å². The highest BCUT2D eigenvalue weighted by Gasteiger charge is 2.26. The van der Waals surface area contributed by atoms with Gasteiger partial charge in [-0.3, -0.25) is 4.79 Å². The van der Waals surface area contributed by atoms with E-state index < -0.39 is 10.0 Å². The number of benzene rings is 2. The Labute approximate surface area is 164 Å². The number of thioether (sulfide) groups is 1. The first-order valence-electron chi connectivity index (χ1n) is 8.67. The van der Waals surface area contributed by atoms with Gasteiger partial charge in [-0.05, 0) is 43.3 Å². The van der Waals surface area contributed by atoms with Crippen LogP contribution in [0.4, 0.5) is 5.69 Å². The molecule has 8 heteroatoms. The van der Waals surface area contributed by atoms with Crippen LogP contribution in [0.25, 0.3) is 0 Å². The first-order valence-corrected chi connectivity index (χ1v) is 11.0. The zero-order valence-electron chi connectivity index (χ0n) is 15.0. The smallest absolute Gasteiger partial charge is 0.243 e. The van der Waals surface area contributed by atoms with Crippen LogP contribution in [0.15, 0.2) is 64.4 Å². The van der Waals surface area contributed by atoms with Crippen LogP contribution in [0.1, 0.15) is 6.92 Å². The monoisotopic (exact) mass is 406 g/mol. The normalized spacial score (nSPS) is 16.6. The van der Waals surface area contributed by atoms with Gasteiger partial charge in [-0.15, -0.1) is 11.8 Å². The molecule has 1 atom stereocenters. The minimum absolute atomic E-state index is 0.132. The van der Waals surface area contributed by atoms with Crippen molar-refractivity contribution in [2.75, 3.05) is 31.6 Å². The zero-order chi connectivity index (χ0) is 19.3. The highest BCUT2D eigenvalue weighted by Crippen LogP contribution is 2.24. The quantitative estimate of drug-likeness (QED) is 0.747. The molecule has 2 aromatic rings. The van der Waals surface area contributed by atoms with Crippen LogP contribution in [0.5, 0.6) is 0 Å². The number of hydrogen-bond acceptors (Lipinski definition) is 5. The van der Waals surface area contributed by atoms with Crippen LogP contribution in [0.3, 0.4) is 0 Å². The molecule has 1 heterocycles. The first kappa shape index (κ1) is 19.9. The summed E-state index contributed by atoms with van der Waals surface area (Å²) in [7, 11) is -3.53. The van der Waals surface area contributed by atoms with E-state index in [1.807, 2.05) is 37.3 Å². The molecule has 0 radical (unpaired) electrons. The summed E-state index contributed by atoms with van der Waals surface area (Å²) in [6, 6.07) is 16.0. The second-order valence-corrected chi connectivity index (χ2v) is 9.46. The lowest BCUT2D eigenvalue weighted by Crippen LogP contribution is -2.40. The van der Waals surface area contributed by atoms with E-state index in [1.165, 1.54) is 28.2 Å². The molecule has 1 fully saturated rings. The fourth-order valence-electron chi connectivity index (χ4n) is 2.65. The van der Waals surface area contributed by atoms with Gasteiger partial charge >= 0.3 is 0 Å². The number of rotatable bonds is 6. The van der Waals surface area contributed by atoms with E-state index in [0.717, 1.165) is 4.90 Å². The third-order valence-corrected chi connectivity index (χ3v) is 7.18. The Morgan fingerprint density at radius 2 is 1.70 bits per heavy atom. The molecule has 0 aliphatic carbocycles. The van der Waals surface area contributed by atoms with Gasteiger partial charge in [-0.2, -0.15) is 4.31 Å². The SMILES string of the molecule is C[C@H](Sc1ccccc1)C(=O)Nc1ccc(S(=O)(=O)N2CCOCC2)cc1. The van der Waals surface area contributed by atoms with Crippen molar-refractivity contribution >= 4 is 33.4 Å². The molecule has 3 rings (SSSR count). The van der Waals surface area contributed by atoms with E-state index in [9.17, 15) is 13.2 Å². The van der Waals surface area contributed by atoms with E-state index in [0.29, 0.717) is 32.0 Å². The van der Waals surface area contributed by atoms with Crippen molar-refractivity contribution in [2.45, 2.75) is 22.0 Å². The lowest BCUT2D eigenvalue weighted by Gasteiger charge is -2.26. The molecule has 6 nitrogen and oxygen atoms in total. The van der Waals surface area contributed by atoms with E-state index >= 15 is 0 Å². The van der Waals surface area contributed by atoms with E-state index in [4.69, 9.17) is 4.74 Å². The lowest BCUT2D eigenvalue weighted by molar-refractivity contribution is -0.115. The number of carbonyl (C=O) groups is 1. The van der Waals surface area contributed by atoms with Gasteiger partial charge in [-0.25, -0.2) is 8.42 Å². The molecular weight excluding hydrogens is 384 g/mol. The van der Waals surface area contributed by atoms with Crippen LogP contribution in [-0.2, 0) is 19.6 Å². The molecule has 144 valence electrons. The van der Waals surface area contributed by atoms with Crippen LogP contribution in [0, 0.1) is 0 Å². The largest absolute Gasteiger partial charge is 0.379 e. The number of hydrogen-bond donors (Lipinski definition) is 1. The highest BCUT2D eigenvalue weighted by molar-refractivity contribution is 8.00. The topological polar surface area (TPSA) is 75.7 Å². The maximum Gasteiger partial charge on any atom is 0.243 e. The van der Waals surface area contributed by atoms with Gasteiger partial charge in [0.15, 0.2) is 0 Å². The average molecular weight is 407 g/mol. The van der Waals surface area contributed by atoms with Crippen LogP contribution in [0.2, 0.25) is 0 Å². The third-order valence-electron chi connectivity index (χ3n) is 4.15. The molecule has 0 spiro atoms. The van der Waals surface area contributed by atoms with Gasteiger partial charge < -0.3 is 10.1 Å². The molecule has 1 N–H and O–H groups in total. The number of morpholine rings is 1. The minimum Gasteiger partial charge on any atom is -0.379 e. The molecule has 0 aromatic heterocycles. The summed E-state index contributed by atoms with van der Waals surface area (Å²) in [5, 5.41) is 2.56. The van der Waals surface area contributed by atoms with Gasteiger partial charge in [0, 0.05) is 23.7 Å². The average Bonchev–Trinajstić information content (AvgIpc) is 2.70. The predicted molar refractivity (Wildman–Crippen MR) is 106 cm³/mol. The molecule has 2 aromatic carbocycles. The summed E-state index contributed by atoms with van der Waals surface area (Å²) >= 11 is 1.47. The summed E-state index contributed by atoms with van der Waals surface area (Å²) in [4.78, 5) is 13.6. The number of nitrogens with zero attached hydrogens (tertiary/aromatic N) is 1. The number of nitrogens with one attached hydrogen (secondary N) is 1. The van der Waals surface area contributed by atoms with Crippen molar-refractivity contribution in [1.29, 1.82) is 0 Å². The fourth-order valence-corrected chi connectivity index (χ4v) is 4.94. The Morgan fingerprint density at radius 3 is 2.33 bits per heavy atom. The minimum atomic E-state index is -3.53. The fraction of sp³-hybridized carbons (Fsp3) is 0.316. The van der Waals surface area contributed by atoms with Crippen molar-refractivity contribution in [1.82, 2.24) is 4.31 Å². The predicted octanol–water partition coefficient (Wildman–Crippen LogP) is 2.83. The van der Waals surface area contributed by atoms with Crippen molar-refractivity contribution < 1.29 is 17.9 Å². The van der Waals surface area contributed by atoms with E-state index in [2.05, 4.69) is 5.32 Å². The Kier molecular flexibility index (Phi) is 6.54. The van der Waals surface area contributed by atoms with Crippen LogP contribution >= 0.6 is 11.8 Å². The molecular formula is C19H22N2O4S2. The second kappa shape index (κ2) is 8.88. The molecule has 1 amide bonds. The Bertz CT molecular complexity index is 864. The summed E-state index contributed by atoms with van der Waals surface area (Å²) < 4.78 is 31.8. The van der Waals surface area contributed by atoms with E-state index in [-0.39, 0.29) is 16.1 Å². The Morgan fingerprint density at radius 1 is 1.07 bits per heavy atom. The van der Waals surface area contributed by atoms with Crippen molar-refractivity contribution in [3.8, 4) is 0 Å². The van der Waals surface area contributed by atoms with Crippen molar-refractivity contribution in [3.05, 3.63) is 54.6 Å². The summed E-state index contributed by atoms with van der Waals surface area (Å²) in [5.74, 6) is -0.132. The van der Waals surface area contributed by atoms with Gasteiger partial charge in [0.1, 0.15) is 0 Å². The van der Waals surface area contributed by atoms with Crippen LogP contribution < -0.4 is 5.32 Å². The number of amides is 1. The maximum atomic E-state index is 12.6. The van der Waals surface area contributed by atoms with Crippen molar-refractivity contribution in [2.24, 2.45) is 0 Å². The summed E-state index contributed by atoms with van der Waals surface area (Å²) in [6.45, 7) is 3.36. The Balaban J connectivity index is 1.62. The first-order chi connectivity index (χ1) is 13.0. The zero-order valence-corrected chi connectivity index (χ0v) is 16.6. The third kappa shape index (κ3) is 5.10. The van der Waals surface area contributed by atoms with Gasteiger partial charge in [0.2, 0.25) is 15.9 Å².